The minimum Gasteiger partial charge on any atom is -0.463 e. The molecule has 3 N–H and O–H groups in total. The molecular weight excluding hydrogens is 685 g/mol. The van der Waals surface area contributed by atoms with Gasteiger partial charge in [-0.25, -0.2) is 0 Å². The van der Waals surface area contributed by atoms with Crippen molar-refractivity contribution in [2.45, 2.75) is 189 Å². The Balaban J connectivity index is 0.000000571. The Morgan fingerprint density at radius 1 is 0.709 bits per heavy atom. The normalized spacial score (nSPS) is 19.7. The number of ether oxygens (including phenoxy) is 1. The van der Waals surface area contributed by atoms with Crippen molar-refractivity contribution in [1.82, 2.24) is 0 Å². The van der Waals surface area contributed by atoms with Gasteiger partial charge in [-0.3, -0.25) is 4.79 Å². The Bertz CT molecular complexity index is 1350. The maximum absolute atomic E-state index is 11.5. The van der Waals surface area contributed by atoms with Crippen LogP contribution in [0, 0.1) is 11.8 Å². The van der Waals surface area contributed by atoms with E-state index in [-0.39, 0.29) is 29.7 Å². The van der Waals surface area contributed by atoms with E-state index in [1.807, 2.05) is 38.1 Å². The second-order valence-electron chi connectivity index (χ2n) is 16.4. The Morgan fingerprint density at radius 2 is 1.25 bits per heavy atom. The fourth-order valence-corrected chi connectivity index (χ4v) is 6.98. The van der Waals surface area contributed by atoms with Gasteiger partial charge < -0.3 is 24.9 Å². The van der Waals surface area contributed by atoms with Gasteiger partial charge in [0.2, 0.25) is 0 Å². The van der Waals surface area contributed by atoms with Gasteiger partial charge in [-0.1, -0.05) is 89.1 Å². The molecule has 1 aromatic carbocycles. The highest BCUT2D eigenvalue weighted by Gasteiger charge is 2.40. The summed E-state index contributed by atoms with van der Waals surface area (Å²) in [6.07, 6.45) is 26.3. The molecule has 310 valence electrons. The van der Waals surface area contributed by atoms with Gasteiger partial charge in [-0.15, -0.1) is 0 Å². The first-order valence-corrected chi connectivity index (χ1v) is 21.2. The monoisotopic (exact) mass is 763 g/mol. The molecule has 1 fully saturated rings. The molecule has 2 rings (SSSR count). The topological polar surface area (TPSA) is 104 Å². The third kappa shape index (κ3) is 26.4. The van der Waals surface area contributed by atoms with Gasteiger partial charge in [0.1, 0.15) is 5.78 Å². The zero-order valence-corrected chi connectivity index (χ0v) is 35.9. The lowest BCUT2D eigenvalue weighted by molar-refractivity contribution is -0.147. The van der Waals surface area contributed by atoms with E-state index in [4.69, 9.17) is 4.74 Å². The molecule has 1 saturated carbocycles. The molecule has 0 unspecified atom stereocenters. The smallest absolute Gasteiger partial charge is 0.306 e. The summed E-state index contributed by atoms with van der Waals surface area (Å²) in [5.74, 6) is 0.133. The lowest BCUT2D eigenvalue weighted by atomic mass is 9.85. The van der Waals surface area contributed by atoms with E-state index >= 15 is 0 Å². The first kappa shape index (κ1) is 50.0. The van der Waals surface area contributed by atoms with E-state index in [1.165, 1.54) is 34.3 Å². The van der Waals surface area contributed by atoms with Crippen LogP contribution in [0.1, 0.15) is 164 Å². The van der Waals surface area contributed by atoms with Crippen molar-refractivity contribution >= 4 is 11.8 Å². The number of Topliss-reactive ketones (excluding diaryl/α,β-unsaturated/α-hetero) is 1. The highest BCUT2D eigenvalue weighted by Crippen LogP contribution is 2.38. The zero-order chi connectivity index (χ0) is 41.0. The first-order chi connectivity index (χ1) is 26.2. The molecular formula is C49H78O6. The Labute approximate surface area is 335 Å². The van der Waals surface area contributed by atoms with Gasteiger partial charge in [-0.2, -0.15) is 0 Å². The first-order valence-electron chi connectivity index (χ1n) is 21.2. The number of rotatable bonds is 25. The van der Waals surface area contributed by atoms with E-state index < -0.39 is 18.3 Å². The molecule has 6 heteroatoms. The number of ketones is 1. The third-order valence-electron chi connectivity index (χ3n) is 10.3. The SMILES string of the molecule is CC(=O)CC/C=C(\C)CC/C=C(\C)CC/C=C(\C)CCC=C(C)C.CC(C)OC(=O)CCC/C=C\C[C@@H]1[C@@H](CC[C@@H](O)CCc2ccccc2)[C@H](O)C[C@@H]1O. The largest absolute Gasteiger partial charge is 0.463 e. The molecule has 0 aromatic heterocycles. The highest BCUT2D eigenvalue weighted by atomic mass is 16.5. The summed E-state index contributed by atoms with van der Waals surface area (Å²) in [5, 5.41) is 31.2. The standard InChI is InChI=1S/C26H40O5.C23H38O/c1-19(2)31-26(30)13-9-4-3-8-12-22-23(25(29)18-24(22)28)17-16-21(27)15-14-20-10-6-5-7-11-20;1-19(2)11-7-12-20(3)13-8-14-21(4)15-9-16-22(5)17-10-18-23(6)24/h3,5-8,10-11,19,21-25,27-29H,4,9,12-18H2,1-2H3;11,13,15,17H,7-10,12,14,16,18H2,1-6H3/b8-3-;20-13+,21-15+,22-17+/t21-,22+,23+,24-,25+;/m0./s1. The van der Waals surface area contributed by atoms with Crippen LogP contribution in [-0.2, 0) is 20.7 Å². The van der Waals surface area contributed by atoms with Crippen LogP contribution in [0.4, 0.5) is 0 Å². The predicted molar refractivity (Wildman–Crippen MR) is 231 cm³/mol. The van der Waals surface area contributed by atoms with Crippen molar-refractivity contribution < 1.29 is 29.6 Å². The van der Waals surface area contributed by atoms with Gasteiger partial charge in [0.25, 0.3) is 0 Å². The average Bonchev–Trinajstić information content (AvgIpc) is 3.38. The van der Waals surface area contributed by atoms with Gasteiger partial charge in [-0.05, 0) is 169 Å². The lowest BCUT2D eigenvalue weighted by Crippen LogP contribution is -2.23. The molecule has 0 bridgehead atoms. The van der Waals surface area contributed by atoms with Crippen molar-refractivity contribution in [3.8, 4) is 0 Å². The number of benzene rings is 1. The second-order valence-corrected chi connectivity index (χ2v) is 16.4. The lowest BCUT2D eigenvalue weighted by Gasteiger charge is -2.23. The minimum atomic E-state index is -0.513. The Morgan fingerprint density at radius 3 is 1.80 bits per heavy atom. The van der Waals surface area contributed by atoms with Gasteiger partial charge in [0, 0.05) is 12.8 Å². The van der Waals surface area contributed by atoms with Crippen LogP contribution in [-0.4, -0.2) is 51.5 Å². The van der Waals surface area contributed by atoms with Crippen LogP contribution in [0.3, 0.4) is 0 Å². The summed E-state index contributed by atoms with van der Waals surface area (Å²) in [7, 11) is 0. The number of aliphatic hydroxyl groups excluding tert-OH is 3. The summed E-state index contributed by atoms with van der Waals surface area (Å²) >= 11 is 0. The van der Waals surface area contributed by atoms with Crippen LogP contribution < -0.4 is 0 Å². The molecule has 0 aliphatic heterocycles. The van der Waals surface area contributed by atoms with Crippen molar-refractivity contribution in [3.63, 3.8) is 0 Å². The number of unbranched alkanes of at least 4 members (excludes halogenated alkanes) is 1. The van der Waals surface area contributed by atoms with E-state index in [0.29, 0.717) is 44.9 Å². The average molecular weight is 763 g/mol. The van der Waals surface area contributed by atoms with Crippen molar-refractivity contribution in [3.05, 3.63) is 94.6 Å². The minimum absolute atomic E-state index is 0.00652. The number of hydrogen-bond acceptors (Lipinski definition) is 6. The number of hydrogen-bond donors (Lipinski definition) is 3. The summed E-state index contributed by atoms with van der Waals surface area (Å²) in [6.45, 7) is 16.3. The number of allylic oxidation sites excluding steroid dienone is 10. The van der Waals surface area contributed by atoms with Crippen LogP contribution in [0.25, 0.3) is 0 Å². The van der Waals surface area contributed by atoms with Gasteiger partial charge >= 0.3 is 5.97 Å². The van der Waals surface area contributed by atoms with Crippen molar-refractivity contribution in [2.24, 2.45) is 11.8 Å². The fraction of sp³-hybridized carbons (Fsp3) is 0.633. The van der Waals surface area contributed by atoms with Crippen LogP contribution in [0.5, 0.6) is 0 Å². The molecule has 1 aromatic rings. The van der Waals surface area contributed by atoms with Crippen LogP contribution in [0.15, 0.2) is 89.1 Å². The van der Waals surface area contributed by atoms with E-state index in [0.717, 1.165) is 57.8 Å². The Hall–Kier alpha value is -3.06. The van der Waals surface area contributed by atoms with Crippen molar-refractivity contribution in [1.29, 1.82) is 0 Å². The molecule has 0 spiro atoms. The second kappa shape index (κ2) is 30.1. The molecule has 55 heavy (non-hydrogen) atoms. The summed E-state index contributed by atoms with van der Waals surface area (Å²) < 4.78 is 5.12. The number of aryl methyl sites for hydroxylation is 1. The molecule has 0 saturated heterocycles. The van der Waals surface area contributed by atoms with Crippen molar-refractivity contribution in [2.75, 3.05) is 0 Å². The molecule has 5 atom stereocenters. The molecule has 1 aliphatic carbocycles. The van der Waals surface area contributed by atoms with E-state index in [1.54, 1.807) is 6.92 Å². The zero-order valence-electron chi connectivity index (χ0n) is 35.9. The molecule has 6 nitrogen and oxygen atoms in total. The summed E-state index contributed by atoms with van der Waals surface area (Å²) in [5.41, 5.74) is 7.02. The quantitative estimate of drug-likeness (QED) is 0.0520. The number of carbonyl (C=O) groups is 2. The third-order valence-corrected chi connectivity index (χ3v) is 10.3. The highest BCUT2D eigenvalue weighted by molar-refractivity contribution is 5.75. The van der Waals surface area contributed by atoms with E-state index in [9.17, 15) is 24.9 Å². The fourth-order valence-electron chi connectivity index (χ4n) is 6.98. The molecule has 0 amide bonds. The Kier molecular flexibility index (Phi) is 27.4. The maximum Gasteiger partial charge on any atom is 0.306 e. The number of carbonyl (C=O) groups excluding carboxylic acids is 2. The number of aliphatic hydroxyl groups is 3. The molecule has 0 heterocycles. The molecule has 1 aliphatic rings. The van der Waals surface area contributed by atoms with Gasteiger partial charge in [0.15, 0.2) is 0 Å². The molecule has 0 radical (unpaired) electrons. The van der Waals surface area contributed by atoms with Crippen LogP contribution in [0.2, 0.25) is 0 Å². The van der Waals surface area contributed by atoms with Crippen LogP contribution >= 0.6 is 0 Å². The predicted octanol–water partition coefficient (Wildman–Crippen LogP) is 11.7. The maximum atomic E-state index is 11.5. The summed E-state index contributed by atoms with van der Waals surface area (Å²) in [4.78, 5) is 22.5. The number of esters is 1. The van der Waals surface area contributed by atoms with E-state index in [2.05, 4.69) is 77.1 Å². The van der Waals surface area contributed by atoms with Gasteiger partial charge in [0.05, 0.1) is 24.4 Å². The summed E-state index contributed by atoms with van der Waals surface area (Å²) in [6, 6.07) is 10.1.